The zero-order chi connectivity index (χ0) is 13.7. The molecule has 0 radical (unpaired) electrons. The summed E-state index contributed by atoms with van der Waals surface area (Å²) < 4.78 is 0. The second kappa shape index (κ2) is 6.68. The van der Waals surface area contributed by atoms with E-state index in [0.29, 0.717) is 6.42 Å². The number of carbonyl (C=O) groups excluding carboxylic acids is 1. The molecule has 0 aliphatic carbocycles. The van der Waals surface area contributed by atoms with Crippen LogP contribution in [0.25, 0.3) is 0 Å². The van der Waals surface area contributed by atoms with E-state index >= 15 is 0 Å². The van der Waals surface area contributed by atoms with Gasteiger partial charge in [-0.2, -0.15) is 0 Å². The molecule has 0 spiro atoms. The Hall–Kier alpha value is -1.39. The van der Waals surface area contributed by atoms with E-state index in [1.54, 1.807) is 0 Å². The number of hydrogen-bond acceptors (Lipinski definition) is 3. The van der Waals surface area contributed by atoms with Crippen LogP contribution in [-0.2, 0) is 4.79 Å². The first-order valence-corrected chi connectivity index (χ1v) is 6.90. The van der Waals surface area contributed by atoms with Crippen LogP contribution in [0.15, 0.2) is 24.3 Å². The third kappa shape index (κ3) is 4.65. The smallest absolute Gasteiger partial charge is 0.224 e. The maximum atomic E-state index is 11.8. The van der Waals surface area contributed by atoms with Gasteiger partial charge in [-0.3, -0.25) is 4.79 Å². The summed E-state index contributed by atoms with van der Waals surface area (Å²) in [6.07, 6.45) is 2.04. The van der Waals surface area contributed by atoms with Crippen molar-refractivity contribution in [1.82, 2.24) is 4.90 Å². The lowest BCUT2D eigenvalue weighted by molar-refractivity contribution is -0.116. The second-order valence-electron chi connectivity index (χ2n) is 5.26. The molecule has 19 heavy (non-hydrogen) atoms. The molecule has 0 aromatic heterocycles. The van der Waals surface area contributed by atoms with Crippen LogP contribution < -0.4 is 5.32 Å². The Balaban J connectivity index is 1.67. The maximum Gasteiger partial charge on any atom is 0.224 e. The summed E-state index contributed by atoms with van der Waals surface area (Å²) in [5, 5.41) is 12.3. The first-order valence-electron chi connectivity index (χ1n) is 6.90. The zero-order valence-corrected chi connectivity index (χ0v) is 11.4. The summed E-state index contributed by atoms with van der Waals surface area (Å²) in [5.74, 6) is 0.0605. The third-order valence-corrected chi connectivity index (χ3v) is 3.43. The van der Waals surface area contributed by atoms with Crippen LogP contribution in [0.2, 0.25) is 0 Å². The molecule has 1 amide bonds. The van der Waals surface area contributed by atoms with Crippen molar-refractivity contribution in [2.45, 2.75) is 32.3 Å². The molecule has 1 aliphatic rings. The molecule has 4 nitrogen and oxygen atoms in total. The average molecular weight is 262 g/mol. The van der Waals surface area contributed by atoms with Gasteiger partial charge in [-0.15, -0.1) is 0 Å². The fraction of sp³-hybridized carbons (Fsp3) is 0.533. The van der Waals surface area contributed by atoms with Gasteiger partial charge >= 0.3 is 0 Å². The van der Waals surface area contributed by atoms with E-state index in [-0.39, 0.29) is 12.0 Å². The predicted octanol–water partition coefficient (Wildman–Crippen LogP) is 1.78. The van der Waals surface area contributed by atoms with Crippen molar-refractivity contribution in [3.63, 3.8) is 0 Å². The molecular formula is C15H22N2O2. The Morgan fingerprint density at radius 3 is 3.05 bits per heavy atom. The molecule has 4 heteroatoms. The molecular weight excluding hydrogens is 240 g/mol. The van der Waals surface area contributed by atoms with E-state index in [0.717, 1.165) is 43.7 Å². The molecule has 1 saturated heterocycles. The standard InChI is InChI=1S/C15H22N2O2/c1-12-4-2-5-13(10-12)16-15(19)6-3-8-17-9-7-14(18)11-17/h2,4-5,10,14,18H,3,6-9,11H2,1H3,(H,16,19). The van der Waals surface area contributed by atoms with Gasteiger partial charge in [0, 0.05) is 25.2 Å². The Morgan fingerprint density at radius 2 is 2.37 bits per heavy atom. The Labute approximate surface area is 114 Å². The number of aryl methyl sites for hydroxylation is 1. The minimum absolute atomic E-state index is 0.0605. The number of benzene rings is 1. The SMILES string of the molecule is Cc1cccc(NC(=O)CCCN2CCC(O)C2)c1. The zero-order valence-electron chi connectivity index (χ0n) is 11.4. The van der Waals surface area contributed by atoms with Crippen molar-refractivity contribution < 1.29 is 9.90 Å². The number of likely N-dealkylation sites (tertiary alicyclic amines) is 1. The summed E-state index contributed by atoms with van der Waals surface area (Å²) in [4.78, 5) is 14.0. The van der Waals surface area contributed by atoms with Gasteiger partial charge in [0.25, 0.3) is 0 Å². The summed E-state index contributed by atoms with van der Waals surface area (Å²) in [7, 11) is 0. The molecule has 0 saturated carbocycles. The number of aliphatic hydroxyl groups excluding tert-OH is 1. The third-order valence-electron chi connectivity index (χ3n) is 3.43. The largest absolute Gasteiger partial charge is 0.392 e. The van der Waals surface area contributed by atoms with Gasteiger partial charge < -0.3 is 15.3 Å². The van der Waals surface area contributed by atoms with Gasteiger partial charge in [0.2, 0.25) is 5.91 Å². The first kappa shape index (κ1) is 14.0. The highest BCUT2D eigenvalue weighted by Crippen LogP contribution is 2.12. The van der Waals surface area contributed by atoms with Crippen LogP contribution >= 0.6 is 0 Å². The van der Waals surface area contributed by atoms with Crippen LogP contribution in [0, 0.1) is 6.92 Å². The minimum atomic E-state index is -0.180. The van der Waals surface area contributed by atoms with Crippen LogP contribution in [0.4, 0.5) is 5.69 Å². The number of hydrogen-bond donors (Lipinski definition) is 2. The lowest BCUT2D eigenvalue weighted by Gasteiger charge is -2.14. The van der Waals surface area contributed by atoms with Gasteiger partial charge in [0.1, 0.15) is 0 Å². The van der Waals surface area contributed by atoms with Gasteiger partial charge in [0.15, 0.2) is 0 Å². The number of amides is 1. The fourth-order valence-corrected chi connectivity index (χ4v) is 2.42. The molecule has 1 atom stereocenters. The molecule has 2 rings (SSSR count). The van der Waals surface area contributed by atoms with Gasteiger partial charge in [-0.25, -0.2) is 0 Å². The van der Waals surface area contributed by atoms with E-state index < -0.39 is 0 Å². The quantitative estimate of drug-likeness (QED) is 0.850. The van der Waals surface area contributed by atoms with Gasteiger partial charge in [0.05, 0.1) is 6.10 Å². The number of anilines is 1. The summed E-state index contributed by atoms with van der Waals surface area (Å²) in [6.45, 7) is 4.59. The highest BCUT2D eigenvalue weighted by atomic mass is 16.3. The van der Waals surface area contributed by atoms with E-state index in [1.807, 2.05) is 31.2 Å². The van der Waals surface area contributed by atoms with Crippen LogP contribution in [0.1, 0.15) is 24.8 Å². The normalized spacial score (nSPS) is 19.6. The highest BCUT2D eigenvalue weighted by molar-refractivity contribution is 5.90. The summed E-state index contributed by atoms with van der Waals surface area (Å²) >= 11 is 0. The second-order valence-corrected chi connectivity index (χ2v) is 5.26. The van der Waals surface area contributed by atoms with Gasteiger partial charge in [-0.05, 0) is 44.0 Å². The fourth-order valence-electron chi connectivity index (χ4n) is 2.42. The molecule has 104 valence electrons. The molecule has 1 aromatic rings. The average Bonchev–Trinajstić information content (AvgIpc) is 2.75. The van der Waals surface area contributed by atoms with Crippen molar-refractivity contribution in [3.8, 4) is 0 Å². The van der Waals surface area contributed by atoms with Crippen molar-refractivity contribution in [3.05, 3.63) is 29.8 Å². The Morgan fingerprint density at radius 1 is 1.53 bits per heavy atom. The van der Waals surface area contributed by atoms with Crippen LogP contribution in [0.3, 0.4) is 0 Å². The summed E-state index contributed by atoms with van der Waals surface area (Å²) in [6, 6.07) is 7.82. The lowest BCUT2D eigenvalue weighted by Crippen LogP contribution is -2.24. The molecule has 1 aromatic carbocycles. The monoisotopic (exact) mass is 262 g/mol. The molecule has 1 aliphatic heterocycles. The Kier molecular flexibility index (Phi) is 4.93. The van der Waals surface area contributed by atoms with Crippen molar-refractivity contribution in [1.29, 1.82) is 0 Å². The topological polar surface area (TPSA) is 52.6 Å². The highest BCUT2D eigenvalue weighted by Gasteiger charge is 2.19. The predicted molar refractivity (Wildman–Crippen MR) is 76.1 cm³/mol. The van der Waals surface area contributed by atoms with Crippen molar-refractivity contribution in [2.24, 2.45) is 0 Å². The van der Waals surface area contributed by atoms with Gasteiger partial charge in [-0.1, -0.05) is 12.1 Å². The minimum Gasteiger partial charge on any atom is -0.392 e. The number of rotatable bonds is 5. The first-order chi connectivity index (χ1) is 9.13. The number of carbonyl (C=O) groups is 1. The molecule has 1 heterocycles. The summed E-state index contributed by atoms with van der Waals surface area (Å²) in [5.41, 5.74) is 2.01. The molecule has 2 N–H and O–H groups in total. The number of nitrogens with one attached hydrogen (secondary N) is 1. The number of aliphatic hydroxyl groups is 1. The van der Waals surface area contributed by atoms with E-state index in [9.17, 15) is 9.90 Å². The lowest BCUT2D eigenvalue weighted by atomic mass is 10.2. The van der Waals surface area contributed by atoms with Crippen LogP contribution in [0.5, 0.6) is 0 Å². The molecule has 1 unspecified atom stereocenters. The Bertz CT molecular complexity index is 434. The number of nitrogens with zero attached hydrogens (tertiary/aromatic N) is 1. The maximum absolute atomic E-state index is 11.8. The van der Waals surface area contributed by atoms with E-state index in [2.05, 4.69) is 10.2 Å². The van der Waals surface area contributed by atoms with Crippen molar-refractivity contribution >= 4 is 11.6 Å². The molecule has 0 bridgehead atoms. The van der Waals surface area contributed by atoms with E-state index in [4.69, 9.17) is 0 Å². The molecule has 1 fully saturated rings. The van der Waals surface area contributed by atoms with Crippen LogP contribution in [-0.4, -0.2) is 41.7 Å². The van der Waals surface area contributed by atoms with Crippen molar-refractivity contribution in [2.75, 3.05) is 25.0 Å². The van der Waals surface area contributed by atoms with E-state index in [1.165, 1.54) is 0 Å². The number of β-amino-alcohol motifs (C(OH)–C–C–N with tert-alkyl or cyclic N) is 1.